The number of benzene rings is 1. The molecule has 0 radical (unpaired) electrons. The highest BCUT2D eigenvalue weighted by Gasteiger charge is 2.41. The second kappa shape index (κ2) is 6.46. The smallest absolute Gasteiger partial charge is 0.419 e. The zero-order chi connectivity index (χ0) is 18.2. The fourth-order valence-electron chi connectivity index (χ4n) is 2.79. The SMILES string of the molecule is C=CCC1OC(NC2CC2)=C(c2cccc(C(F)(F)F)c2OC)C1=O. The summed E-state index contributed by atoms with van der Waals surface area (Å²) in [6, 6.07) is 3.81. The Hall–Kier alpha value is -2.44. The van der Waals surface area contributed by atoms with E-state index in [2.05, 4.69) is 11.9 Å². The minimum Gasteiger partial charge on any atom is -0.495 e. The van der Waals surface area contributed by atoms with Gasteiger partial charge in [0.15, 0.2) is 12.0 Å². The summed E-state index contributed by atoms with van der Waals surface area (Å²) in [5.74, 6) is -0.533. The number of Topliss-reactive ketones (excluding diaryl/α,β-unsaturated/α-hetero) is 1. The first-order valence-corrected chi connectivity index (χ1v) is 7.94. The van der Waals surface area contributed by atoms with Gasteiger partial charge in [0.1, 0.15) is 5.75 Å². The van der Waals surface area contributed by atoms with Gasteiger partial charge in [-0.2, -0.15) is 13.2 Å². The molecular formula is C18H18F3NO3. The Bertz CT molecular complexity index is 736. The third-order valence-corrected chi connectivity index (χ3v) is 4.11. The standard InChI is InChI=1S/C18H18F3NO3/c1-3-5-13-15(23)14(17(25-13)22-10-8-9-10)11-6-4-7-12(16(11)24-2)18(19,20)21/h3-4,6-7,10,13,22H,1,5,8-9H2,2H3. The number of alkyl halides is 3. The van der Waals surface area contributed by atoms with Crippen LogP contribution in [-0.2, 0) is 15.7 Å². The van der Waals surface area contributed by atoms with Crippen LogP contribution < -0.4 is 10.1 Å². The molecule has 1 heterocycles. The van der Waals surface area contributed by atoms with Gasteiger partial charge in [-0.25, -0.2) is 0 Å². The molecular weight excluding hydrogens is 335 g/mol. The van der Waals surface area contributed by atoms with Gasteiger partial charge in [-0.05, 0) is 18.9 Å². The first-order valence-electron chi connectivity index (χ1n) is 7.94. The summed E-state index contributed by atoms with van der Waals surface area (Å²) in [4.78, 5) is 12.7. The summed E-state index contributed by atoms with van der Waals surface area (Å²) in [6.45, 7) is 3.59. The number of ether oxygens (including phenoxy) is 2. The maximum absolute atomic E-state index is 13.3. The predicted octanol–water partition coefficient (Wildman–Crippen LogP) is 3.68. The lowest BCUT2D eigenvalue weighted by atomic mass is 9.96. The molecule has 0 amide bonds. The zero-order valence-electron chi connectivity index (χ0n) is 13.7. The Kier molecular flexibility index (Phi) is 4.49. The molecule has 1 atom stereocenters. The van der Waals surface area contributed by atoms with Crippen molar-refractivity contribution < 1.29 is 27.4 Å². The third-order valence-electron chi connectivity index (χ3n) is 4.11. The molecule has 1 unspecified atom stereocenters. The summed E-state index contributed by atoms with van der Waals surface area (Å²) in [5.41, 5.74) is -0.746. The molecule has 0 aromatic heterocycles. The van der Waals surface area contributed by atoms with Gasteiger partial charge < -0.3 is 14.8 Å². The van der Waals surface area contributed by atoms with E-state index in [1.165, 1.54) is 12.1 Å². The fourth-order valence-corrected chi connectivity index (χ4v) is 2.79. The highest BCUT2D eigenvalue weighted by molar-refractivity contribution is 6.25. The normalized spacial score (nSPS) is 20.5. The van der Waals surface area contributed by atoms with Crippen molar-refractivity contribution in [2.24, 2.45) is 0 Å². The molecule has 1 saturated carbocycles. The molecule has 1 aliphatic carbocycles. The Morgan fingerprint density at radius 1 is 1.40 bits per heavy atom. The molecule has 1 aliphatic heterocycles. The molecule has 7 heteroatoms. The van der Waals surface area contributed by atoms with Crippen molar-refractivity contribution in [2.45, 2.75) is 37.6 Å². The highest BCUT2D eigenvalue weighted by Crippen LogP contribution is 2.43. The number of halogens is 3. The molecule has 2 aliphatic rings. The lowest BCUT2D eigenvalue weighted by Crippen LogP contribution is -2.19. The van der Waals surface area contributed by atoms with Crippen LogP contribution in [0.4, 0.5) is 13.2 Å². The summed E-state index contributed by atoms with van der Waals surface area (Å²) in [5, 5.41) is 3.10. The Morgan fingerprint density at radius 3 is 2.68 bits per heavy atom. The molecule has 134 valence electrons. The minimum absolute atomic E-state index is 0.0806. The number of nitrogens with one attached hydrogen (secondary N) is 1. The molecule has 1 N–H and O–H groups in total. The van der Waals surface area contributed by atoms with Crippen molar-refractivity contribution in [1.82, 2.24) is 5.32 Å². The van der Waals surface area contributed by atoms with Crippen LogP contribution in [-0.4, -0.2) is 25.0 Å². The predicted molar refractivity (Wildman–Crippen MR) is 85.8 cm³/mol. The van der Waals surface area contributed by atoms with E-state index in [9.17, 15) is 18.0 Å². The number of ketones is 1. The van der Waals surface area contributed by atoms with E-state index in [-0.39, 0.29) is 41.0 Å². The minimum atomic E-state index is -4.59. The monoisotopic (exact) mass is 353 g/mol. The largest absolute Gasteiger partial charge is 0.495 e. The van der Waals surface area contributed by atoms with E-state index in [1.54, 1.807) is 6.08 Å². The number of para-hydroxylation sites is 1. The van der Waals surface area contributed by atoms with E-state index in [0.29, 0.717) is 0 Å². The average molecular weight is 353 g/mol. The number of hydrogen-bond donors (Lipinski definition) is 1. The summed E-state index contributed by atoms with van der Waals surface area (Å²) in [6.07, 6.45) is -1.69. The van der Waals surface area contributed by atoms with Crippen LogP contribution in [0.5, 0.6) is 5.75 Å². The summed E-state index contributed by atoms with van der Waals surface area (Å²) >= 11 is 0. The van der Waals surface area contributed by atoms with Crippen LogP contribution in [0.25, 0.3) is 5.57 Å². The van der Waals surface area contributed by atoms with E-state index in [1.807, 2.05) is 0 Å². The van der Waals surface area contributed by atoms with Gasteiger partial charge in [0.2, 0.25) is 5.78 Å². The quantitative estimate of drug-likeness (QED) is 0.793. The van der Waals surface area contributed by atoms with Crippen LogP contribution in [0.1, 0.15) is 30.4 Å². The van der Waals surface area contributed by atoms with E-state index in [4.69, 9.17) is 9.47 Å². The van der Waals surface area contributed by atoms with Gasteiger partial charge in [-0.15, -0.1) is 6.58 Å². The van der Waals surface area contributed by atoms with Crippen LogP contribution in [0.15, 0.2) is 36.7 Å². The van der Waals surface area contributed by atoms with Crippen molar-refractivity contribution in [2.75, 3.05) is 7.11 Å². The van der Waals surface area contributed by atoms with Crippen molar-refractivity contribution in [3.8, 4) is 5.75 Å². The van der Waals surface area contributed by atoms with Gasteiger partial charge >= 0.3 is 6.18 Å². The van der Waals surface area contributed by atoms with Crippen LogP contribution in [0.3, 0.4) is 0 Å². The molecule has 0 saturated heterocycles. The third kappa shape index (κ3) is 3.36. The number of rotatable bonds is 6. The second-order valence-electron chi connectivity index (χ2n) is 6.00. The number of hydrogen-bond acceptors (Lipinski definition) is 4. The molecule has 3 rings (SSSR count). The number of carbonyl (C=O) groups is 1. The average Bonchev–Trinajstić information content (AvgIpc) is 3.31. The molecule has 1 aromatic rings. The van der Waals surface area contributed by atoms with Crippen molar-refractivity contribution >= 4 is 11.4 Å². The maximum atomic E-state index is 13.3. The Labute approximate surface area is 143 Å². The fraction of sp³-hybridized carbons (Fsp3) is 0.389. The number of methoxy groups -OCH3 is 1. The van der Waals surface area contributed by atoms with Crippen molar-refractivity contribution in [3.05, 3.63) is 47.9 Å². The number of carbonyl (C=O) groups excluding carboxylic acids is 1. The van der Waals surface area contributed by atoms with Crippen LogP contribution in [0, 0.1) is 0 Å². The van der Waals surface area contributed by atoms with E-state index in [0.717, 1.165) is 26.0 Å². The molecule has 0 bridgehead atoms. The Balaban J connectivity index is 2.10. The van der Waals surface area contributed by atoms with Gasteiger partial charge in [-0.1, -0.05) is 18.2 Å². The molecule has 25 heavy (non-hydrogen) atoms. The van der Waals surface area contributed by atoms with Crippen molar-refractivity contribution in [1.29, 1.82) is 0 Å². The molecule has 1 aromatic carbocycles. The second-order valence-corrected chi connectivity index (χ2v) is 6.00. The maximum Gasteiger partial charge on any atom is 0.419 e. The summed E-state index contributed by atoms with van der Waals surface area (Å²) in [7, 11) is 1.16. The zero-order valence-corrected chi connectivity index (χ0v) is 13.7. The van der Waals surface area contributed by atoms with E-state index < -0.39 is 17.8 Å². The van der Waals surface area contributed by atoms with Crippen molar-refractivity contribution in [3.63, 3.8) is 0 Å². The highest BCUT2D eigenvalue weighted by atomic mass is 19.4. The first-order chi connectivity index (χ1) is 11.9. The van der Waals surface area contributed by atoms with Crippen LogP contribution in [0.2, 0.25) is 0 Å². The molecule has 1 fully saturated rings. The topological polar surface area (TPSA) is 47.6 Å². The summed E-state index contributed by atoms with van der Waals surface area (Å²) < 4.78 is 50.5. The van der Waals surface area contributed by atoms with Crippen LogP contribution >= 0.6 is 0 Å². The van der Waals surface area contributed by atoms with Gasteiger partial charge in [0.05, 0.1) is 18.2 Å². The van der Waals surface area contributed by atoms with Gasteiger partial charge in [0.25, 0.3) is 0 Å². The molecule has 0 spiro atoms. The lowest BCUT2D eigenvalue weighted by molar-refractivity contribution is -0.138. The van der Waals surface area contributed by atoms with E-state index >= 15 is 0 Å². The lowest BCUT2D eigenvalue weighted by Gasteiger charge is -2.16. The first kappa shape index (κ1) is 17.4. The van der Waals surface area contributed by atoms with Gasteiger partial charge in [0, 0.05) is 18.0 Å². The molecule has 4 nitrogen and oxygen atoms in total. The van der Waals surface area contributed by atoms with Gasteiger partial charge in [-0.3, -0.25) is 4.79 Å². The Morgan fingerprint density at radius 2 is 2.12 bits per heavy atom.